The molecule has 10 aromatic carbocycles. The lowest BCUT2D eigenvalue weighted by Gasteiger charge is -2.27. The number of anilines is 3. The van der Waals surface area contributed by atoms with Crippen LogP contribution in [0.25, 0.3) is 93.2 Å². The van der Waals surface area contributed by atoms with Gasteiger partial charge in [0.05, 0.1) is 16.7 Å². The van der Waals surface area contributed by atoms with Crippen molar-refractivity contribution in [3.05, 3.63) is 218 Å². The Bertz CT molecular complexity index is 3540. The fourth-order valence-corrected chi connectivity index (χ4v) is 9.27. The van der Waals surface area contributed by atoms with Crippen LogP contribution in [-0.2, 0) is 0 Å². The highest BCUT2D eigenvalue weighted by Crippen LogP contribution is 2.46. The molecule has 59 heavy (non-hydrogen) atoms. The van der Waals surface area contributed by atoms with Crippen molar-refractivity contribution < 1.29 is 4.42 Å². The summed E-state index contributed by atoms with van der Waals surface area (Å²) < 4.78 is 9.05. The lowest BCUT2D eigenvalue weighted by atomic mass is 9.92. The molecule has 0 bridgehead atoms. The summed E-state index contributed by atoms with van der Waals surface area (Å²) in [5.74, 6) is 0. The van der Waals surface area contributed by atoms with E-state index in [1.54, 1.807) is 0 Å². The molecule has 3 heteroatoms. The van der Waals surface area contributed by atoms with Gasteiger partial charge < -0.3 is 13.9 Å². The maximum Gasteiger partial charge on any atom is 0.137 e. The predicted octanol–water partition coefficient (Wildman–Crippen LogP) is 15.8. The van der Waals surface area contributed by atoms with Crippen molar-refractivity contribution in [3.8, 4) is 27.9 Å². The quantitative estimate of drug-likeness (QED) is 0.169. The molecule has 12 aromatic rings. The molecule has 0 unspecified atom stereocenters. The van der Waals surface area contributed by atoms with Crippen molar-refractivity contribution in [2.75, 3.05) is 4.90 Å². The summed E-state index contributed by atoms with van der Waals surface area (Å²) in [5, 5.41) is 9.48. The highest BCUT2D eigenvalue weighted by molar-refractivity contribution is 6.17. The number of furan rings is 1. The summed E-state index contributed by atoms with van der Waals surface area (Å²) in [6, 6.07) is 78.7. The van der Waals surface area contributed by atoms with Gasteiger partial charge in [0, 0.05) is 44.7 Å². The fraction of sp³-hybridized carbons (Fsp3) is 0. The standard InChI is InChI=1S/C56H36N2O/c1-3-14-37(15-4-1)44-32-33-45(47-21-10-9-20-46(44)47)38-26-28-42(29-27-38)57(43-30-31-48-50-34-39-16-7-8-17-40(39)35-54(50)59-55(48)36-43)52-24-13-25-53-56(52)49-22-11-12-23-51(49)58(53)41-18-5-2-6-19-41/h1-36H. The van der Waals surface area contributed by atoms with Crippen LogP contribution in [0.3, 0.4) is 0 Å². The van der Waals surface area contributed by atoms with Gasteiger partial charge in [-0.25, -0.2) is 0 Å². The third-order valence-corrected chi connectivity index (χ3v) is 12.0. The van der Waals surface area contributed by atoms with Crippen molar-refractivity contribution in [1.29, 1.82) is 0 Å². The summed E-state index contributed by atoms with van der Waals surface area (Å²) >= 11 is 0. The summed E-state index contributed by atoms with van der Waals surface area (Å²) in [4.78, 5) is 2.40. The molecule has 0 atom stereocenters. The molecule has 0 fully saturated rings. The van der Waals surface area contributed by atoms with E-state index in [0.29, 0.717) is 0 Å². The average molecular weight is 753 g/mol. The molecule has 0 aliphatic carbocycles. The molecule has 3 nitrogen and oxygen atoms in total. The smallest absolute Gasteiger partial charge is 0.137 e. The molecule has 0 aliphatic rings. The van der Waals surface area contributed by atoms with Gasteiger partial charge in [-0.2, -0.15) is 0 Å². The van der Waals surface area contributed by atoms with E-state index in [0.717, 1.165) is 50.2 Å². The van der Waals surface area contributed by atoms with Crippen LogP contribution in [0.15, 0.2) is 223 Å². The van der Waals surface area contributed by atoms with Gasteiger partial charge >= 0.3 is 0 Å². The zero-order valence-corrected chi connectivity index (χ0v) is 32.1. The van der Waals surface area contributed by atoms with E-state index in [9.17, 15) is 0 Å². The molecule has 0 N–H and O–H groups in total. The molecule has 0 aliphatic heterocycles. The topological polar surface area (TPSA) is 21.3 Å². The van der Waals surface area contributed by atoms with E-state index in [4.69, 9.17) is 4.42 Å². The van der Waals surface area contributed by atoms with Crippen LogP contribution in [0.1, 0.15) is 0 Å². The third-order valence-electron chi connectivity index (χ3n) is 12.0. The molecular formula is C56H36N2O. The minimum atomic E-state index is 0.860. The first kappa shape index (κ1) is 33.3. The Hall–Kier alpha value is -7.88. The molecule has 0 radical (unpaired) electrons. The van der Waals surface area contributed by atoms with Gasteiger partial charge in [0.15, 0.2) is 0 Å². The summed E-state index contributed by atoms with van der Waals surface area (Å²) in [6.45, 7) is 0. The number of hydrogen-bond donors (Lipinski definition) is 0. The molecule has 0 saturated carbocycles. The van der Waals surface area contributed by atoms with Crippen molar-refractivity contribution in [2.24, 2.45) is 0 Å². The molecule has 2 heterocycles. The number of hydrogen-bond acceptors (Lipinski definition) is 2. The van der Waals surface area contributed by atoms with Crippen LogP contribution >= 0.6 is 0 Å². The minimum absolute atomic E-state index is 0.860. The first-order chi connectivity index (χ1) is 29.3. The number of nitrogens with zero attached hydrogens (tertiary/aromatic N) is 2. The van der Waals surface area contributed by atoms with Crippen LogP contribution in [0, 0.1) is 0 Å². The Morgan fingerprint density at radius 1 is 0.356 bits per heavy atom. The second-order valence-electron chi connectivity index (χ2n) is 15.3. The van der Waals surface area contributed by atoms with Crippen molar-refractivity contribution in [3.63, 3.8) is 0 Å². The van der Waals surface area contributed by atoms with E-state index < -0.39 is 0 Å². The van der Waals surface area contributed by atoms with E-state index in [1.807, 2.05) is 0 Å². The lowest BCUT2D eigenvalue weighted by Crippen LogP contribution is -2.10. The Morgan fingerprint density at radius 3 is 1.68 bits per heavy atom. The Labute approximate surface area is 341 Å². The zero-order chi connectivity index (χ0) is 38.9. The largest absolute Gasteiger partial charge is 0.456 e. The molecule has 276 valence electrons. The third kappa shape index (κ3) is 5.36. The van der Waals surface area contributed by atoms with E-state index in [1.165, 1.54) is 60.1 Å². The SMILES string of the molecule is c1ccc(-c2ccc(-c3ccc(N(c4ccc5c(c4)oc4cc6ccccc6cc45)c4cccc5c4c4ccccc4n5-c4ccccc4)cc3)c3ccccc23)cc1. The summed E-state index contributed by atoms with van der Waals surface area (Å²) in [5.41, 5.74) is 13.2. The number of para-hydroxylation sites is 2. The van der Waals surface area contributed by atoms with Crippen molar-refractivity contribution in [2.45, 2.75) is 0 Å². The van der Waals surface area contributed by atoms with Crippen LogP contribution in [0.4, 0.5) is 17.1 Å². The predicted molar refractivity (Wildman–Crippen MR) is 249 cm³/mol. The molecule has 2 aromatic heterocycles. The number of aromatic nitrogens is 1. The molecular weight excluding hydrogens is 717 g/mol. The van der Waals surface area contributed by atoms with Crippen molar-refractivity contribution in [1.82, 2.24) is 4.57 Å². The highest BCUT2D eigenvalue weighted by atomic mass is 16.3. The van der Waals surface area contributed by atoms with Crippen LogP contribution in [0.5, 0.6) is 0 Å². The van der Waals surface area contributed by atoms with Gasteiger partial charge in [0.2, 0.25) is 0 Å². The lowest BCUT2D eigenvalue weighted by molar-refractivity contribution is 0.669. The highest BCUT2D eigenvalue weighted by Gasteiger charge is 2.22. The second-order valence-corrected chi connectivity index (χ2v) is 15.3. The maximum absolute atomic E-state index is 6.67. The van der Waals surface area contributed by atoms with Crippen LogP contribution in [0.2, 0.25) is 0 Å². The van der Waals surface area contributed by atoms with Gasteiger partial charge in [0.1, 0.15) is 11.2 Å². The first-order valence-electron chi connectivity index (χ1n) is 20.2. The van der Waals surface area contributed by atoms with E-state index in [2.05, 4.69) is 228 Å². The van der Waals surface area contributed by atoms with Gasteiger partial charge in [-0.05, 0) is 111 Å². The Morgan fingerprint density at radius 2 is 0.932 bits per heavy atom. The van der Waals surface area contributed by atoms with Gasteiger partial charge in [0.25, 0.3) is 0 Å². The number of rotatable bonds is 6. The Balaban J connectivity index is 1.07. The van der Waals surface area contributed by atoms with E-state index in [-0.39, 0.29) is 0 Å². The molecule has 0 saturated heterocycles. The van der Waals surface area contributed by atoms with Gasteiger partial charge in [-0.1, -0.05) is 146 Å². The molecule has 0 spiro atoms. The number of benzene rings is 10. The summed E-state index contributed by atoms with van der Waals surface area (Å²) in [7, 11) is 0. The number of fused-ring (bicyclic) bond motifs is 8. The maximum atomic E-state index is 6.67. The van der Waals surface area contributed by atoms with Crippen LogP contribution in [-0.4, -0.2) is 4.57 Å². The summed E-state index contributed by atoms with van der Waals surface area (Å²) in [6.07, 6.45) is 0. The van der Waals surface area contributed by atoms with E-state index >= 15 is 0 Å². The van der Waals surface area contributed by atoms with Crippen molar-refractivity contribution >= 4 is 82.4 Å². The molecule has 0 amide bonds. The fourth-order valence-electron chi connectivity index (χ4n) is 9.27. The average Bonchev–Trinajstić information content (AvgIpc) is 3.84. The van der Waals surface area contributed by atoms with Crippen LogP contribution < -0.4 is 4.90 Å². The second kappa shape index (κ2) is 13.4. The van der Waals surface area contributed by atoms with Gasteiger partial charge in [-0.15, -0.1) is 0 Å². The minimum Gasteiger partial charge on any atom is -0.456 e. The first-order valence-corrected chi connectivity index (χ1v) is 20.2. The Kier molecular flexibility index (Phi) is 7.54. The van der Waals surface area contributed by atoms with Gasteiger partial charge in [-0.3, -0.25) is 0 Å². The molecule has 12 rings (SSSR count). The zero-order valence-electron chi connectivity index (χ0n) is 32.1. The normalized spacial score (nSPS) is 11.7. The monoisotopic (exact) mass is 752 g/mol.